The fraction of sp³-hybridized carbons (Fsp3) is 0.458. The van der Waals surface area contributed by atoms with Crippen molar-refractivity contribution >= 4 is 17.4 Å². The van der Waals surface area contributed by atoms with E-state index in [2.05, 4.69) is 46.3 Å². The smallest absolute Gasteiger partial charge is 0.223 e. The van der Waals surface area contributed by atoms with Gasteiger partial charge in [0.25, 0.3) is 0 Å². The number of anilines is 1. The van der Waals surface area contributed by atoms with Gasteiger partial charge < -0.3 is 14.5 Å². The molecule has 0 bridgehead atoms. The van der Waals surface area contributed by atoms with E-state index in [1.807, 2.05) is 11.1 Å². The standard InChI is InChI=1S/C24H28N4O2/c29-23(28-11-13-30-14-12-28)15-18-6-9-27(10-7-18)22-16-19(5-8-25-22)24-21-4-2-1-3-20(21)17-26-24/h1-5,8,16,18H,6-7,9-15,17H2. The van der Waals surface area contributed by atoms with Crippen molar-refractivity contribution in [2.75, 3.05) is 44.3 Å². The summed E-state index contributed by atoms with van der Waals surface area (Å²) < 4.78 is 5.35. The first-order valence-corrected chi connectivity index (χ1v) is 11.0. The molecule has 3 aliphatic heterocycles. The van der Waals surface area contributed by atoms with Crippen molar-refractivity contribution in [1.82, 2.24) is 9.88 Å². The molecule has 0 N–H and O–H groups in total. The highest BCUT2D eigenvalue weighted by molar-refractivity contribution is 6.15. The van der Waals surface area contributed by atoms with Gasteiger partial charge >= 0.3 is 0 Å². The van der Waals surface area contributed by atoms with Crippen LogP contribution in [-0.4, -0.2) is 60.9 Å². The van der Waals surface area contributed by atoms with Crippen molar-refractivity contribution in [3.63, 3.8) is 0 Å². The van der Waals surface area contributed by atoms with Crippen molar-refractivity contribution in [2.45, 2.75) is 25.8 Å². The van der Waals surface area contributed by atoms with Gasteiger partial charge in [0.2, 0.25) is 5.91 Å². The molecule has 0 saturated carbocycles. The van der Waals surface area contributed by atoms with Crippen LogP contribution in [-0.2, 0) is 16.1 Å². The Hall–Kier alpha value is -2.73. The molecular weight excluding hydrogens is 376 g/mol. The number of aliphatic imine (C=N–C) groups is 1. The first kappa shape index (κ1) is 19.2. The highest BCUT2D eigenvalue weighted by atomic mass is 16.5. The fourth-order valence-corrected chi connectivity index (χ4v) is 4.68. The molecule has 2 aromatic rings. The molecule has 6 heteroatoms. The summed E-state index contributed by atoms with van der Waals surface area (Å²) in [7, 11) is 0. The Morgan fingerprint density at radius 1 is 1.07 bits per heavy atom. The Kier molecular flexibility index (Phi) is 5.49. The summed E-state index contributed by atoms with van der Waals surface area (Å²) in [6, 6.07) is 12.7. The van der Waals surface area contributed by atoms with Gasteiger partial charge in [-0.2, -0.15) is 0 Å². The minimum atomic E-state index is 0.287. The predicted molar refractivity (Wildman–Crippen MR) is 117 cm³/mol. The minimum absolute atomic E-state index is 0.287. The second-order valence-corrected chi connectivity index (χ2v) is 8.35. The van der Waals surface area contributed by atoms with Crippen molar-refractivity contribution < 1.29 is 9.53 Å². The molecule has 1 amide bonds. The van der Waals surface area contributed by atoms with E-state index >= 15 is 0 Å². The van der Waals surface area contributed by atoms with Gasteiger partial charge in [-0.1, -0.05) is 24.3 Å². The molecule has 0 radical (unpaired) electrons. The Morgan fingerprint density at radius 2 is 1.87 bits per heavy atom. The number of benzene rings is 1. The van der Waals surface area contributed by atoms with Crippen LogP contribution in [0, 0.1) is 5.92 Å². The van der Waals surface area contributed by atoms with Gasteiger partial charge in [-0.05, 0) is 36.5 Å². The fourth-order valence-electron chi connectivity index (χ4n) is 4.68. The van der Waals surface area contributed by atoms with E-state index in [0.29, 0.717) is 25.6 Å². The average molecular weight is 405 g/mol. The number of aromatic nitrogens is 1. The lowest BCUT2D eigenvalue weighted by Gasteiger charge is -2.34. The normalized spacial score (nSPS) is 19.5. The van der Waals surface area contributed by atoms with Gasteiger partial charge in [0.15, 0.2) is 0 Å². The number of fused-ring (bicyclic) bond motifs is 1. The van der Waals surface area contributed by atoms with Crippen LogP contribution in [0.3, 0.4) is 0 Å². The monoisotopic (exact) mass is 404 g/mol. The molecule has 0 atom stereocenters. The van der Waals surface area contributed by atoms with E-state index in [9.17, 15) is 4.79 Å². The molecule has 1 aromatic heterocycles. The van der Waals surface area contributed by atoms with Crippen molar-refractivity contribution in [3.05, 3.63) is 59.3 Å². The molecule has 3 aliphatic rings. The molecule has 4 heterocycles. The van der Waals surface area contributed by atoms with Gasteiger partial charge in [-0.15, -0.1) is 0 Å². The topological polar surface area (TPSA) is 58.0 Å². The summed E-state index contributed by atoms with van der Waals surface area (Å²) in [4.78, 5) is 26.2. The molecule has 2 saturated heterocycles. The van der Waals surface area contributed by atoms with Gasteiger partial charge in [0, 0.05) is 49.9 Å². The maximum atomic E-state index is 12.5. The Morgan fingerprint density at radius 3 is 2.70 bits per heavy atom. The zero-order valence-electron chi connectivity index (χ0n) is 17.3. The average Bonchev–Trinajstić information content (AvgIpc) is 3.24. The largest absolute Gasteiger partial charge is 0.378 e. The number of carbonyl (C=O) groups excluding carboxylic acids is 1. The third kappa shape index (κ3) is 3.97. The van der Waals surface area contributed by atoms with E-state index in [-0.39, 0.29) is 5.91 Å². The van der Waals surface area contributed by atoms with E-state index < -0.39 is 0 Å². The van der Waals surface area contributed by atoms with E-state index in [1.54, 1.807) is 0 Å². The number of morpholine rings is 1. The maximum absolute atomic E-state index is 12.5. The van der Waals surface area contributed by atoms with Crippen LogP contribution in [0.2, 0.25) is 0 Å². The summed E-state index contributed by atoms with van der Waals surface area (Å²) in [5.41, 5.74) is 4.72. The van der Waals surface area contributed by atoms with Crippen molar-refractivity contribution in [3.8, 4) is 0 Å². The summed E-state index contributed by atoms with van der Waals surface area (Å²) in [5.74, 6) is 1.76. The Balaban J connectivity index is 1.21. The lowest BCUT2D eigenvalue weighted by Crippen LogP contribution is -2.42. The van der Waals surface area contributed by atoms with Crippen LogP contribution in [0.15, 0.2) is 47.6 Å². The highest BCUT2D eigenvalue weighted by Gasteiger charge is 2.26. The summed E-state index contributed by atoms with van der Waals surface area (Å²) in [6.45, 7) is 5.46. The summed E-state index contributed by atoms with van der Waals surface area (Å²) in [6.07, 6.45) is 4.62. The summed E-state index contributed by atoms with van der Waals surface area (Å²) >= 11 is 0. The molecule has 5 rings (SSSR count). The van der Waals surface area contributed by atoms with Gasteiger partial charge in [0.1, 0.15) is 5.82 Å². The number of piperidine rings is 1. The van der Waals surface area contributed by atoms with Crippen LogP contribution in [0.4, 0.5) is 5.82 Å². The van der Waals surface area contributed by atoms with E-state index in [1.165, 1.54) is 11.1 Å². The highest BCUT2D eigenvalue weighted by Crippen LogP contribution is 2.27. The van der Waals surface area contributed by atoms with Crippen molar-refractivity contribution in [1.29, 1.82) is 0 Å². The van der Waals surface area contributed by atoms with Crippen LogP contribution >= 0.6 is 0 Å². The molecular formula is C24H28N4O2. The van der Waals surface area contributed by atoms with Crippen LogP contribution in [0.5, 0.6) is 0 Å². The first-order valence-electron chi connectivity index (χ1n) is 11.0. The number of carbonyl (C=O) groups is 1. The molecule has 0 spiro atoms. The zero-order chi connectivity index (χ0) is 20.3. The maximum Gasteiger partial charge on any atom is 0.223 e. The van der Waals surface area contributed by atoms with Gasteiger partial charge in [0.05, 0.1) is 25.5 Å². The predicted octanol–water partition coefficient (Wildman–Crippen LogP) is 2.90. The molecule has 1 aromatic carbocycles. The quantitative estimate of drug-likeness (QED) is 0.786. The van der Waals surface area contributed by atoms with Crippen LogP contribution in [0.1, 0.15) is 36.0 Å². The SMILES string of the molecule is O=C(CC1CCN(c2cc(C3=NCc4ccccc43)ccn2)CC1)N1CCOCC1. The lowest BCUT2D eigenvalue weighted by molar-refractivity contribution is -0.136. The first-order chi connectivity index (χ1) is 14.8. The van der Waals surface area contributed by atoms with Crippen molar-refractivity contribution in [2.24, 2.45) is 10.9 Å². The second-order valence-electron chi connectivity index (χ2n) is 8.35. The summed E-state index contributed by atoms with van der Waals surface area (Å²) in [5, 5.41) is 0. The number of ether oxygens (including phenoxy) is 1. The molecule has 156 valence electrons. The lowest BCUT2D eigenvalue weighted by atomic mass is 9.92. The zero-order valence-corrected chi connectivity index (χ0v) is 17.3. The Labute approximate surface area is 177 Å². The number of hydrogen-bond donors (Lipinski definition) is 0. The molecule has 0 unspecified atom stereocenters. The third-order valence-electron chi connectivity index (χ3n) is 6.46. The molecule has 6 nitrogen and oxygen atoms in total. The van der Waals surface area contributed by atoms with Gasteiger partial charge in [-0.25, -0.2) is 4.98 Å². The number of amides is 1. The van der Waals surface area contributed by atoms with Crippen LogP contribution < -0.4 is 4.90 Å². The number of nitrogens with zero attached hydrogens (tertiary/aromatic N) is 4. The Bertz CT molecular complexity index is 944. The van der Waals surface area contributed by atoms with Crippen LogP contribution in [0.25, 0.3) is 0 Å². The van der Waals surface area contributed by atoms with E-state index in [4.69, 9.17) is 9.73 Å². The molecule has 2 fully saturated rings. The number of pyridine rings is 1. The molecule has 0 aliphatic carbocycles. The van der Waals surface area contributed by atoms with E-state index in [0.717, 1.165) is 62.7 Å². The van der Waals surface area contributed by atoms with Gasteiger partial charge in [-0.3, -0.25) is 9.79 Å². The number of hydrogen-bond acceptors (Lipinski definition) is 5. The second kappa shape index (κ2) is 8.56. The third-order valence-corrected chi connectivity index (χ3v) is 6.46. The number of rotatable bonds is 4. The minimum Gasteiger partial charge on any atom is -0.378 e. The molecule has 30 heavy (non-hydrogen) atoms.